The molecule has 0 aromatic carbocycles. The summed E-state index contributed by atoms with van der Waals surface area (Å²) in [5.41, 5.74) is 1.18. The van der Waals surface area contributed by atoms with Crippen LogP contribution in [0, 0.1) is 104 Å². The highest BCUT2D eigenvalue weighted by atomic mass is 16.3. The molecule has 0 spiro atoms. The summed E-state index contributed by atoms with van der Waals surface area (Å²) in [5.74, 6) is 10.0. The van der Waals surface area contributed by atoms with Crippen molar-refractivity contribution in [3.63, 3.8) is 0 Å². The average molecular weight is 894 g/mol. The van der Waals surface area contributed by atoms with Crippen molar-refractivity contribution in [3.8, 4) is 0 Å². The summed E-state index contributed by atoms with van der Waals surface area (Å²) in [6.07, 6.45) is 29.3. The van der Waals surface area contributed by atoms with Gasteiger partial charge in [0.1, 0.15) is 0 Å². The number of aliphatic hydroxyl groups is 4. The van der Waals surface area contributed by atoms with E-state index < -0.39 is 0 Å². The lowest BCUT2D eigenvalue weighted by Gasteiger charge is -2.62. The number of fused-ring (bicyclic) bond motifs is 10. The molecule has 8 aliphatic carbocycles. The highest BCUT2D eigenvalue weighted by molar-refractivity contribution is 5.13. The van der Waals surface area contributed by atoms with E-state index in [0.717, 1.165) is 122 Å². The summed E-state index contributed by atoms with van der Waals surface area (Å²) in [6.45, 7) is 32.9. The summed E-state index contributed by atoms with van der Waals surface area (Å²) in [5, 5.41) is 43.3. The van der Waals surface area contributed by atoms with Crippen LogP contribution in [0.1, 0.15) is 251 Å². The first-order chi connectivity index (χ1) is 29.7. The van der Waals surface area contributed by atoms with Gasteiger partial charge >= 0.3 is 0 Å². The molecule has 0 heterocycles. The molecule has 8 fully saturated rings. The Hall–Kier alpha value is -0.160. The number of hydrogen-bond acceptors (Lipinski definition) is 4. The zero-order valence-electron chi connectivity index (χ0n) is 44.8. The van der Waals surface area contributed by atoms with Gasteiger partial charge in [0.15, 0.2) is 0 Å². The van der Waals surface area contributed by atoms with Crippen LogP contribution >= 0.6 is 0 Å². The summed E-state index contributed by atoms with van der Waals surface area (Å²) in [7, 11) is 0. The van der Waals surface area contributed by atoms with E-state index >= 15 is 0 Å². The molecule has 0 aromatic rings. The second-order valence-corrected chi connectivity index (χ2v) is 29.2. The van der Waals surface area contributed by atoms with Crippen molar-refractivity contribution in [1.29, 1.82) is 0 Å². The van der Waals surface area contributed by atoms with Crippen LogP contribution in [-0.4, -0.2) is 43.8 Å². The molecule has 8 aliphatic rings. The van der Waals surface area contributed by atoms with Crippen molar-refractivity contribution < 1.29 is 20.4 Å². The lowest BCUT2D eigenvalue weighted by molar-refractivity contribution is -0.152. The zero-order valence-corrected chi connectivity index (χ0v) is 44.8. The smallest absolute Gasteiger partial charge is 0.0648 e. The van der Waals surface area contributed by atoms with Gasteiger partial charge in [-0.3, -0.25) is 0 Å². The van der Waals surface area contributed by atoms with Crippen molar-refractivity contribution in [1.82, 2.24) is 0 Å². The minimum atomic E-state index is -0.383. The second kappa shape index (κ2) is 18.5. The standard InChI is InChI=1S/2C30H54O2/c2*1-8-30(32)18-17-28(6)21(19-30)10-11-22-24-13-12-23(29(24,7)16-15-25(22)28)20(2)9-14-26(31)27(3,4)5/h2*20-26,31-32H,8-19H2,1-7H3/t20-,21+,22+,23-,24+,25+,26-,28+,29-,30+;20-,21-,22+,23-,24+,25+,26-,28+,29-,30+/m11/s1. The van der Waals surface area contributed by atoms with Gasteiger partial charge in [-0.2, -0.15) is 0 Å². The maximum Gasteiger partial charge on any atom is 0.0648 e. The maximum atomic E-state index is 11.0. The number of rotatable bonds is 10. The van der Waals surface area contributed by atoms with E-state index in [9.17, 15) is 20.4 Å². The van der Waals surface area contributed by atoms with Crippen LogP contribution in [0.5, 0.6) is 0 Å². The lowest BCUT2D eigenvalue weighted by atomic mass is 9.43. The Morgan fingerprint density at radius 1 is 0.438 bits per heavy atom. The molecule has 0 radical (unpaired) electrons. The molecular formula is C60H108O4. The Kier molecular flexibility index (Phi) is 15.0. The fourth-order valence-electron chi connectivity index (χ4n) is 19.3. The molecule has 372 valence electrons. The zero-order chi connectivity index (χ0) is 47.1. The van der Waals surface area contributed by atoms with Crippen LogP contribution in [-0.2, 0) is 0 Å². The first-order valence-electron chi connectivity index (χ1n) is 28.5. The van der Waals surface area contributed by atoms with Gasteiger partial charge in [0, 0.05) is 0 Å². The predicted molar refractivity (Wildman–Crippen MR) is 269 cm³/mol. The highest BCUT2D eigenvalue weighted by Gasteiger charge is 2.63. The third kappa shape index (κ3) is 9.43. The third-order valence-electron chi connectivity index (χ3n) is 24.3. The molecule has 0 saturated heterocycles. The molecule has 64 heavy (non-hydrogen) atoms. The van der Waals surface area contributed by atoms with Crippen molar-refractivity contribution in [2.75, 3.05) is 0 Å². The van der Waals surface area contributed by atoms with Gasteiger partial charge in [0.25, 0.3) is 0 Å². The van der Waals surface area contributed by atoms with E-state index in [1.165, 1.54) is 103 Å². The van der Waals surface area contributed by atoms with E-state index in [1.54, 1.807) is 0 Å². The average Bonchev–Trinajstić information content (AvgIpc) is 3.78. The van der Waals surface area contributed by atoms with Crippen LogP contribution in [0.15, 0.2) is 0 Å². The highest BCUT2D eigenvalue weighted by Crippen LogP contribution is 2.71. The Morgan fingerprint density at radius 2 is 0.781 bits per heavy atom. The van der Waals surface area contributed by atoms with Gasteiger partial charge in [-0.05, 0) is 258 Å². The van der Waals surface area contributed by atoms with E-state index in [-0.39, 0.29) is 34.2 Å². The minimum absolute atomic E-state index is 0.00208. The monoisotopic (exact) mass is 893 g/mol. The Balaban J connectivity index is 0.000000191. The fourth-order valence-corrected chi connectivity index (χ4v) is 19.3. The van der Waals surface area contributed by atoms with Crippen molar-refractivity contribution in [2.24, 2.45) is 104 Å². The summed E-state index contributed by atoms with van der Waals surface area (Å²) < 4.78 is 0. The van der Waals surface area contributed by atoms with Crippen LogP contribution in [0.2, 0.25) is 0 Å². The molecule has 0 bridgehead atoms. The van der Waals surface area contributed by atoms with Crippen LogP contribution < -0.4 is 0 Å². The van der Waals surface area contributed by atoms with E-state index in [0.29, 0.717) is 21.7 Å². The van der Waals surface area contributed by atoms with Gasteiger partial charge in [-0.15, -0.1) is 0 Å². The molecule has 4 heteroatoms. The molecule has 0 aliphatic heterocycles. The first-order valence-corrected chi connectivity index (χ1v) is 28.5. The lowest BCUT2D eigenvalue weighted by Crippen LogP contribution is -2.56. The first kappa shape index (κ1) is 51.7. The molecule has 8 rings (SSSR count). The minimum Gasteiger partial charge on any atom is -0.393 e. The Morgan fingerprint density at radius 3 is 1.11 bits per heavy atom. The van der Waals surface area contributed by atoms with Gasteiger partial charge < -0.3 is 20.4 Å². The molecular weight excluding hydrogens is 785 g/mol. The van der Waals surface area contributed by atoms with Crippen LogP contribution in [0.3, 0.4) is 0 Å². The summed E-state index contributed by atoms with van der Waals surface area (Å²) >= 11 is 0. The molecule has 4 nitrogen and oxygen atoms in total. The summed E-state index contributed by atoms with van der Waals surface area (Å²) in [4.78, 5) is 0. The SMILES string of the molecule is CC[C@]1(O)CC[C@@]2(C)[C@@H](CC[C@@H]3[C@@H]2CC[C@]2(C)[C@@H]([C@H](C)CC[C@@H](O)C(C)(C)C)CC[C@@H]32)C1.CC[C@]1(O)CC[C@@]2(C)[C@H](CC[C@@H]3[C@@H]2CC[C@]2(C)[C@@H]([C@H](C)CC[C@@H](O)C(C)(C)C)CC[C@@H]32)C1. The predicted octanol–water partition coefficient (Wildman–Crippen LogP) is 15.2. The summed E-state index contributed by atoms with van der Waals surface area (Å²) in [6, 6.07) is 0. The van der Waals surface area contributed by atoms with Crippen molar-refractivity contribution in [3.05, 3.63) is 0 Å². The van der Waals surface area contributed by atoms with Gasteiger partial charge in [-0.25, -0.2) is 0 Å². The molecule has 0 aromatic heterocycles. The molecule has 4 N–H and O–H groups in total. The largest absolute Gasteiger partial charge is 0.393 e. The van der Waals surface area contributed by atoms with Crippen LogP contribution in [0.25, 0.3) is 0 Å². The molecule has 8 saturated carbocycles. The topological polar surface area (TPSA) is 80.9 Å². The normalized spacial score (nSPS) is 48.5. The van der Waals surface area contributed by atoms with Crippen molar-refractivity contribution in [2.45, 2.75) is 274 Å². The van der Waals surface area contributed by atoms with Gasteiger partial charge in [0.05, 0.1) is 23.4 Å². The number of hydrogen-bond donors (Lipinski definition) is 4. The van der Waals surface area contributed by atoms with Crippen LogP contribution in [0.4, 0.5) is 0 Å². The van der Waals surface area contributed by atoms with E-state index in [2.05, 4.69) is 96.9 Å². The van der Waals surface area contributed by atoms with Crippen molar-refractivity contribution >= 4 is 0 Å². The molecule has 20 atom stereocenters. The van der Waals surface area contributed by atoms with Gasteiger partial charge in [0.2, 0.25) is 0 Å². The Labute approximate surface area is 396 Å². The van der Waals surface area contributed by atoms with Gasteiger partial charge in [-0.1, -0.05) is 96.9 Å². The van der Waals surface area contributed by atoms with E-state index in [1.807, 2.05) is 0 Å². The quantitative estimate of drug-likeness (QED) is 0.176. The Bertz CT molecular complexity index is 1450. The van der Waals surface area contributed by atoms with E-state index in [4.69, 9.17) is 0 Å². The maximum absolute atomic E-state index is 11.0. The number of aliphatic hydroxyl groups excluding tert-OH is 2. The third-order valence-corrected chi connectivity index (χ3v) is 24.3. The second-order valence-electron chi connectivity index (χ2n) is 29.2. The molecule has 0 amide bonds. The molecule has 0 unspecified atom stereocenters. The fraction of sp³-hybridized carbons (Fsp3) is 1.00.